The molecule has 0 radical (unpaired) electrons. The summed E-state index contributed by atoms with van der Waals surface area (Å²) in [6, 6.07) is 1.90. The standard InChI is InChI=1S/C13H24N4O2/c1-10(8-15-13(18)14-5-6-19-4)9-17-12(3)7-11(2)16-17/h7,10H,5-6,8-9H2,1-4H3,(H2,14,15,18). The summed E-state index contributed by atoms with van der Waals surface area (Å²) in [6.07, 6.45) is 0. The van der Waals surface area contributed by atoms with E-state index in [2.05, 4.69) is 28.7 Å². The van der Waals surface area contributed by atoms with Crippen LogP contribution in [0.4, 0.5) is 4.79 Å². The number of nitrogens with zero attached hydrogens (tertiary/aromatic N) is 2. The third-order valence-corrected chi connectivity index (χ3v) is 2.79. The van der Waals surface area contributed by atoms with Gasteiger partial charge >= 0.3 is 6.03 Å². The maximum atomic E-state index is 11.4. The summed E-state index contributed by atoms with van der Waals surface area (Å²) in [5.41, 5.74) is 2.17. The van der Waals surface area contributed by atoms with Gasteiger partial charge in [-0.15, -0.1) is 0 Å². The first kappa shape index (κ1) is 15.5. The van der Waals surface area contributed by atoms with Crippen LogP contribution in [0, 0.1) is 19.8 Å². The molecule has 2 N–H and O–H groups in total. The molecule has 6 nitrogen and oxygen atoms in total. The minimum Gasteiger partial charge on any atom is -0.383 e. The van der Waals surface area contributed by atoms with Crippen LogP contribution in [0.2, 0.25) is 0 Å². The van der Waals surface area contributed by atoms with E-state index in [0.717, 1.165) is 17.9 Å². The molecule has 1 rings (SSSR count). The van der Waals surface area contributed by atoms with Gasteiger partial charge in [0.1, 0.15) is 0 Å². The molecule has 0 saturated carbocycles. The molecule has 0 spiro atoms. The van der Waals surface area contributed by atoms with Crippen LogP contribution in [0.25, 0.3) is 0 Å². The minimum atomic E-state index is -0.155. The monoisotopic (exact) mass is 268 g/mol. The fourth-order valence-corrected chi connectivity index (χ4v) is 1.82. The Kier molecular flexibility index (Phi) is 6.35. The SMILES string of the molecule is COCCNC(=O)NCC(C)Cn1nc(C)cc1C. The van der Waals surface area contributed by atoms with Gasteiger partial charge in [0.05, 0.1) is 12.3 Å². The number of hydrogen-bond acceptors (Lipinski definition) is 3. The maximum absolute atomic E-state index is 11.4. The number of ether oxygens (including phenoxy) is 1. The van der Waals surface area contributed by atoms with Crippen molar-refractivity contribution < 1.29 is 9.53 Å². The van der Waals surface area contributed by atoms with Gasteiger partial charge in [0.2, 0.25) is 0 Å². The zero-order chi connectivity index (χ0) is 14.3. The first-order valence-electron chi connectivity index (χ1n) is 6.54. The number of nitrogens with one attached hydrogen (secondary N) is 2. The van der Waals surface area contributed by atoms with Gasteiger partial charge in [-0.1, -0.05) is 6.92 Å². The van der Waals surface area contributed by atoms with E-state index in [0.29, 0.717) is 25.6 Å². The van der Waals surface area contributed by atoms with Crippen molar-refractivity contribution in [3.8, 4) is 0 Å². The molecule has 0 aliphatic carbocycles. The summed E-state index contributed by atoms with van der Waals surface area (Å²) in [5, 5.41) is 9.97. The third-order valence-electron chi connectivity index (χ3n) is 2.79. The van der Waals surface area contributed by atoms with Gasteiger partial charge in [-0.25, -0.2) is 4.79 Å². The molecule has 1 aromatic heterocycles. The van der Waals surface area contributed by atoms with Gasteiger partial charge < -0.3 is 15.4 Å². The first-order chi connectivity index (χ1) is 9.02. The number of aromatic nitrogens is 2. The summed E-state index contributed by atoms with van der Waals surface area (Å²) in [6.45, 7) is 8.58. The summed E-state index contributed by atoms with van der Waals surface area (Å²) >= 11 is 0. The number of carbonyl (C=O) groups is 1. The van der Waals surface area contributed by atoms with Crippen LogP contribution in [0.15, 0.2) is 6.07 Å². The second-order valence-electron chi connectivity index (χ2n) is 4.84. The molecule has 0 aliphatic heterocycles. The lowest BCUT2D eigenvalue weighted by Crippen LogP contribution is -2.39. The molecule has 1 unspecified atom stereocenters. The number of hydrogen-bond donors (Lipinski definition) is 2. The first-order valence-corrected chi connectivity index (χ1v) is 6.54. The predicted molar refractivity (Wildman–Crippen MR) is 74.1 cm³/mol. The molecule has 0 bridgehead atoms. The van der Waals surface area contributed by atoms with Crippen LogP contribution in [-0.4, -0.2) is 42.6 Å². The van der Waals surface area contributed by atoms with Gasteiger partial charge in [0.25, 0.3) is 0 Å². The number of rotatable bonds is 7. The molecule has 0 saturated heterocycles. The van der Waals surface area contributed by atoms with Crippen LogP contribution in [0.1, 0.15) is 18.3 Å². The number of methoxy groups -OCH3 is 1. The van der Waals surface area contributed by atoms with Crippen molar-refractivity contribution in [2.75, 3.05) is 26.8 Å². The molecule has 2 amide bonds. The molecule has 1 heterocycles. The van der Waals surface area contributed by atoms with Crippen LogP contribution in [0.3, 0.4) is 0 Å². The lowest BCUT2D eigenvalue weighted by Gasteiger charge is -2.14. The van der Waals surface area contributed by atoms with Gasteiger partial charge in [-0.3, -0.25) is 4.68 Å². The molecule has 6 heteroatoms. The highest BCUT2D eigenvalue weighted by atomic mass is 16.5. The van der Waals surface area contributed by atoms with E-state index >= 15 is 0 Å². The summed E-state index contributed by atoms with van der Waals surface area (Å²) in [7, 11) is 1.61. The minimum absolute atomic E-state index is 0.155. The predicted octanol–water partition coefficient (Wildman–Crippen LogP) is 1.08. The van der Waals surface area contributed by atoms with Crippen molar-refractivity contribution in [2.24, 2.45) is 5.92 Å². The highest BCUT2D eigenvalue weighted by Gasteiger charge is 2.08. The highest BCUT2D eigenvalue weighted by Crippen LogP contribution is 2.05. The van der Waals surface area contributed by atoms with Gasteiger partial charge in [-0.05, 0) is 25.8 Å². The molecular weight excluding hydrogens is 244 g/mol. The lowest BCUT2D eigenvalue weighted by molar-refractivity contribution is 0.195. The Labute approximate surface area is 114 Å². The van der Waals surface area contributed by atoms with Crippen molar-refractivity contribution in [1.29, 1.82) is 0 Å². The van der Waals surface area contributed by atoms with Crippen molar-refractivity contribution in [3.05, 3.63) is 17.5 Å². The van der Waals surface area contributed by atoms with E-state index in [-0.39, 0.29) is 6.03 Å². The quantitative estimate of drug-likeness (QED) is 0.727. The smallest absolute Gasteiger partial charge is 0.314 e. The van der Waals surface area contributed by atoms with Gasteiger partial charge in [0.15, 0.2) is 0 Å². The molecule has 1 atom stereocenters. The molecular formula is C13H24N4O2. The fourth-order valence-electron chi connectivity index (χ4n) is 1.82. The Morgan fingerprint density at radius 2 is 2.21 bits per heavy atom. The van der Waals surface area contributed by atoms with Crippen molar-refractivity contribution >= 4 is 6.03 Å². The Morgan fingerprint density at radius 3 is 2.79 bits per heavy atom. The fraction of sp³-hybridized carbons (Fsp3) is 0.692. The van der Waals surface area contributed by atoms with Crippen molar-refractivity contribution in [1.82, 2.24) is 20.4 Å². The Bertz CT molecular complexity index is 403. The number of amides is 2. The van der Waals surface area contributed by atoms with Crippen LogP contribution in [0.5, 0.6) is 0 Å². The average Bonchev–Trinajstić information content (AvgIpc) is 2.65. The zero-order valence-corrected chi connectivity index (χ0v) is 12.2. The number of aryl methyl sites for hydroxylation is 2. The Balaban J connectivity index is 2.26. The largest absolute Gasteiger partial charge is 0.383 e. The van der Waals surface area contributed by atoms with Gasteiger partial charge in [0, 0.05) is 32.4 Å². The normalized spacial score (nSPS) is 12.2. The van der Waals surface area contributed by atoms with E-state index < -0.39 is 0 Å². The van der Waals surface area contributed by atoms with E-state index in [1.54, 1.807) is 7.11 Å². The average molecular weight is 268 g/mol. The van der Waals surface area contributed by atoms with Gasteiger partial charge in [-0.2, -0.15) is 5.10 Å². The van der Waals surface area contributed by atoms with Crippen LogP contribution >= 0.6 is 0 Å². The van der Waals surface area contributed by atoms with E-state index in [4.69, 9.17) is 4.74 Å². The van der Waals surface area contributed by atoms with E-state index in [1.807, 2.05) is 18.5 Å². The molecule has 0 fully saturated rings. The molecule has 1 aromatic rings. The summed E-state index contributed by atoms with van der Waals surface area (Å²) < 4.78 is 6.83. The third kappa shape index (κ3) is 5.74. The number of urea groups is 1. The van der Waals surface area contributed by atoms with E-state index in [1.165, 1.54) is 0 Å². The Hall–Kier alpha value is -1.56. The topological polar surface area (TPSA) is 68.2 Å². The Morgan fingerprint density at radius 1 is 1.47 bits per heavy atom. The lowest BCUT2D eigenvalue weighted by atomic mass is 10.2. The number of carbonyl (C=O) groups excluding carboxylic acids is 1. The summed E-state index contributed by atoms with van der Waals surface area (Å²) in [5.74, 6) is 0.325. The second kappa shape index (κ2) is 7.78. The molecule has 0 aromatic carbocycles. The van der Waals surface area contributed by atoms with Crippen molar-refractivity contribution in [2.45, 2.75) is 27.3 Å². The molecule has 108 valence electrons. The molecule has 19 heavy (non-hydrogen) atoms. The molecule has 0 aliphatic rings. The zero-order valence-electron chi connectivity index (χ0n) is 12.2. The van der Waals surface area contributed by atoms with Crippen LogP contribution < -0.4 is 10.6 Å². The second-order valence-corrected chi connectivity index (χ2v) is 4.84. The summed E-state index contributed by atoms with van der Waals surface area (Å²) in [4.78, 5) is 11.4. The van der Waals surface area contributed by atoms with Crippen LogP contribution in [-0.2, 0) is 11.3 Å². The highest BCUT2D eigenvalue weighted by molar-refractivity contribution is 5.73. The van der Waals surface area contributed by atoms with E-state index in [9.17, 15) is 4.79 Å². The van der Waals surface area contributed by atoms with Crippen molar-refractivity contribution in [3.63, 3.8) is 0 Å². The maximum Gasteiger partial charge on any atom is 0.314 e.